The van der Waals surface area contributed by atoms with Crippen molar-refractivity contribution >= 4 is 34.1 Å². The Morgan fingerprint density at radius 1 is 1.16 bits per heavy atom. The molecule has 0 aliphatic heterocycles. The average Bonchev–Trinajstić information content (AvgIpc) is 3.14. The minimum absolute atomic E-state index is 0.0108. The average molecular weight is 465 g/mol. The van der Waals surface area contributed by atoms with Gasteiger partial charge < -0.3 is 10.6 Å². The summed E-state index contributed by atoms with van der Waals surface area (Å²) in [6.45, 7) is 4.54. The summed E-state index contributed by atoms with van der Waals surface area (Å²) in [7, 11) is 0. The molecular formula is C21H16F5N5S. The summed E-state index contributed by atoms with van der Waals surface area (Å²) in [6, 6.07) is 8.95. The lowest BCUT2D eigenvalue weighted by Crippen LogP contribution is -2.28. The number of alkyl halides is 3. The Balaban J connectivity index is 1.86. The lowest BCUT2D eigenvalue weighted by Gasteiger charge is -2.13. The summed E-state index contributed by atoms with van der Waals surface area (Å²) in [4.78, 5) is 7.75. The number of benzene rings is 1. The van der Waals surface area contributed by atoms with Gasteiger partial charge in [0.05, 0.1) is 28.6 Å². The van der Waals surface area contributed by atoms with E-state index in [-0.39, 0.29) is 27.7 Å². The molecule has 2 aromatic heterocycles. The first-order chi connectivity index (χ1) is 15.1. The van der Waals surface area contributed by atoms with Gasteiger partial charge in [0.15, 0.2) is 5.11 Å². The van der Waals surface area contributed by atoms with Crippen LogP contribution in [0.5, 0.6) is 0 Å². The molecule has 1 aromatic carbocycles. The topological polar surface area (TPSA) is 54.8 Å². The van der Waals surface area contributed by atoms with E-state index in [1.807, 2.05) is 0 Å². The molecule has 0 aliphatic rings. The predicted octanol–water partition coefficient (Wildman–Crippen LogP) is 5.97. The van der Waals surface area contributed by atoms with E-state index in [2.05, 4.69) is 27.2 Å². The Hall–Kier alpha value is -3.60. The maximum Gasteiger partial charge on any atom is 0.450 e. The van der Waals surface area contributed by atoms with Crippen LogP contribution in [-0.2, 0) is 6.18 Å². The zero-order valence-electron chi connectivity index (χ0n) is 16.5. The molecule has 2 heterocycles. The molecule has 0 spiro atoms. The first-order valence-corrected chi connectivity index (χ1v) is 9.48. The van der Waals surface area contributed by atoms with Crippen LogP contribution in [0.3, 0.4) is 0 Å². The minimum atomic E-state index is -4.69. The van der Waals surface area contributed by atoms with Crippen LogP contribution in [0.2, 0.25) is 0 Å². The van der Waals surface area contributed by atoms with E-state index >= 15 is 0 Å². The van der Waals surface area contributed by atoms with Gasteiger partial charge in [-0.15, -0.1) is 0 Å². The molecule has 0 fully saturated rings. The number of allylic oxidation sites excluding steroid dienone is 4. The Morgan fingerprint density at radius 2 is 1.88 bits per heavy atom. The van der Waals surface area contributed by atoms with Gasteiger partial charge in [-0.3, -0.25) is 4.57 Å². The molecular weight excluding hydrogens is 449 g/mol. The van der Waals surface area contributed by atoms with E-state index in [4.69, 9.17) is 12.2 Å². The highest BCUT2D eigenvalue weighted by Gasteiger charge is 2.38. The zero-order chi connectivity index (χ0) is 23.5. The van der Waals surface area contributed by atoms with Gasteiger partial charge in [0, 0.05) is 0 Å². The highest BCUT2D eigenvalue weighted by Crippen LogP contribution is 2.33. The number of nitrogens with one attached hydrogen (secondary N) is 2. The monoisotopic (exact) mass is 465 g/mol. The molecule has 32 heavy (non-hydrogen) atoms. The lowest BCUT2D eigenvalue weighted by molar-refractivity contribution is -0.145. The number of hydrogen-bond donors (Lipinski definition) is 2. The van der Waals surface area contributed by atoms with Crippen molar-refractivity contribution in [3.05, 3.63) is 84.5 Å². The number of halogens is 5. The van der Waals surface area contributed by atoms with Crippen molar-refractivity contribution < 1.29 is 22.0 Å². The Kier molecular flexibility index (Phi) is 6.68. The summed E-state index contributed by atoms with van der Waals surface area (Å²) in [5.74, 6) is -2.76. The Bertz CT molecular complexity index is 1230. The Morgan fingerprint density at radius 3 is 2.47 bits per heavy atom. The van der Waals surface area contributed by atoms with Crippen molar-refractivity contribution in [2.24, 2.45) is 0 Å². The van der Waals surface area contributed by atoms with Gasteiger partial charge in [-0.05, 0) is 49.5 Å². The molecule has 0 aliphatic carbocycles. The van der Waals surface area contributed by atoms with E-state index in [0.717, 1.165) is 16.7 Å². The van der Waals surface area contributed by atoms with Gasteiger partial charge in [-0.1, -0.05) is 24.8 Å². The van der Waals surface area contributed by atoms with Gasteiger partial charge in [-0.2, -0.15) is 13.2 Å². The molecule has 3 rings (SSSR count). The number of pyridine rings is 1. The summed E-state index contributed by atoms with van der Waals surface area (Å²) in [5, 5.41) is 5.05. The normalized spacial score (nSPS) is 12.7. The highest BCUT2D eigenvalue weighted by molar-refractivity contribution is 7.80. The quantitative estimate of drug-likeness (QED) is 0.276. The van der Waals surface area contributed by atoms with E-state index in [1.165, 1.54) is 37.4 Å². The third kappa shape index (κ3) is 5.17. The number of para-hydroxylation sites is 2. The second-order valence-corrected chi connectivity index (χ2v) is 6.79. The molecule has 0 saturated carbocycles. The van der Waals surface area contributed by atoms with Crippen LogP contribution < -0.4 is 10.6 Å². The number of rotatable bonds is 5. The maximum atomic E-state index is 13.5. The van der Waals surface area contributed by atoms with E-state index in [0.29, 0.717) is 5.69 Å². The fourth-order valence-corrected chi connectivity index (χ4v) is 2.96. The molecule has 2 N–H and O–H groups in total. The Labute approximate surface area is 185 Å². The molecule has 166 valence electrons. The highest BCUT2D eigenvalue weighted by atomic mass is 32.1. The molecule has 0 unspecified atom stereocenters. The van der Waals surface area contributed by atoms with Crippen molar-refractivity contribution in [3.63, 3.8) is 0 Å². The van der Waals surface area contributed by atoms with Gasteiger partial charge in [0.2, 0.25) is 5.82 Å². The van der Waals surface area contributed by atoms with Crippen molar-refractivity contribution in [3.8, 4) is 5.82 Å². The van der Waals surface area contributed by atoms with Crippen LogP contribution in [0.15, 0.2) is 78.7 Å². The number of nitrogens with zero attached hydrogens (tertiary/aromatic N) is 3. The van der Waals surface area contributed by atoms with Crippen molar-refractivity contribution in [2.75, 3.05) is 5.32 Å². The lowest BCUT2D eigenvalue weighted by atomic mass is 10.3. The van der Waals surface area contributed by atoms with Crippen molar-refractivity contribution in [1.82, 2.24) is 19.9 Å². The third-order valence-corrected chi connectivity index (χ3v) is 4.35. The molecule has 0 atom stereocenters. The van der Waals surface area contributed by atoms with E-state index in [1.54, 1.807) is 12.1 Å². The van der Waals surface area contributed by atoms with Gasteiger partial charge >= 0.3 is 6.18 Å². The van der Waals surface area contributed by atoms with Crippen LogP contribution in [0, 0.1) is 0 Å². The van der Waals surface area contributed by atoms with E-state index < -0.39 is 23.7 Å². The molecule has 0 bridgehead atoms. The van der Waals surface area contributed by atoms with Gasteiger partial charge in [0.25, 0.3) is 0 Å². The summed E-state index contributed by atoms with van der Waals surface area (Å²) >= 11 is 5.06. The van der Waals surface area contributed by atoms with Crippen LogP contribution >= 0.6 is 12.2 Å². The first-order valence-electron chi connectivity index (χ1n) is 9.07. The zero-order valence-corrected chi connectivity index (χ0v) is 17.4. The van der Waals surface area contributed by atoms with Crippen LogP contribution in [-0.4, -0.2) is 19.6 Å². The van der Waals surface area contributed by atoms with Gasteiger partial charge in [-0.25, -0.2) is 18.7 Å². The second-order valence-electron chi connectivity index (χ2n) is 6.38. The predicted molar refractivity (Wildman–Crippen MR) is 116 cm³/mol. The summed E-state index contributed by atoms with van der Waals surface area (Å²) in [6.07, 6.45) is -1.44. The first kappa shape index (κ1) is 23.1. The number of fused-ring (bicyclic) bond motifs is 1. The SMILES string of the molecule is C=C(F)/C(=C\C(F)=C/C)NC(=S)Nc1ccc(-n2c(C(F)(F)F)nc3ccccc32)nc1. The summed E-state index contributed by atoms with van der Waals surface area (Å²) < 4.78 is 68.3. The van der Waals surface area contributed by atoms with Crippen LogP contribution in [0.4, 0.5) is 27.6 Å². The fraction of sp³-hybridized carbons (Fsp3) is 0.0952. The number of thiocarbonyl (C=S) groups is 1. The largest absolute Gasteiger partial charge is 0.450 e. The van der Waals surface area contributed by atoms with E-state index in [9.17, 15) is 22.0 Å². The molecule has 3 aromatic rings. The third-order valence-electron chi connectivity index (χ3n) is 4.15. The van der Waals surface area contributed by atoms with Crippen LogP contribution in [0.25, 0.3) is 16.9 Å². The number of hydrogen-bond acceptors (Lipinski definition) is 3. The number of imidazole rings is 1. The smallest absolute Gasteiger partial charge is 0.331 e. The molecule has 11 heteroatoms. The molecule has 0 radical (unpaired) electrons. The van der Waals surface area contributed by atoms with Gasteiger partial charge in [0.1, 0.15) is 17.5 Å². The molecule has 0 saturated heterocycles. The van der Waals surface area contributed by atoms with Crippen molar-refractivity contribution in [1.29, 1.82) is 0 Å². The summed E-state index contributed by atoms with van der Waals surface area (Å²) in [5.41, 5.74) is 0.433. The standard InChI is InChI=1S/C21H16F5N5S/c1-3-13(23)10-16(12(2)22)30-20(32)28-14-8-9-18(27-11-14)31-17-7-5-4-6-15(17)29-19(31)21(24,25)26/h3-11H,2H2,1H3,(H2,28,30,32)/b13-3+,16-10+. The molecule has 0 amide bonds. The number of anilines is 1. The molecule has 5 nitrogen and oxygen atoms in total. The van der Waals surface area contributed by atoms with Crippen LogP contribution in [0.1, 0.15) is 12.7 Å². The maximum absolute atomic E-state index is 13.5. The van der Waals surface area contributed by atoms with Crippen molar-refractivity contribution in [2.45, 2.75) is 13.1 Å². The fourth-order valence-electron chi connectivity index (χ4n) is 2.73. The number of aromatic nitrogens is 3. The minimum Gasteiger partial charge on any atom is -0.331 e. The second kappa shape index (κ2) is 9.27.